The molecule has 0 aromatic heterocycles. The maximum Gasteiger partial charge on any atom is 0.161 e. The summed E-state index contributed by atoms with van der Waals surface area (Å²) in [7, 11) is 0. The van der Waals surface area contributed by atoms with E-state index in [9.17, 15) is 9.59 Å². The summed E-state index contributed by atoms with van der Waals surface area (Å²) in [5.74, 6) is 0.694. The van der Waals surface area contributed by atoms with Crippen molar-refractivity contribution in [2.75, 3.05) is 0 Å². The van der Waals surface area contributed by atoms with Gasteiger partial charge in [-0.1, -0.05) is 32.1 Å². The Kier molecular flexibility index (Phi) is 3.31. The van der Waals surface area contributed by atoms with E-state index in [1.165, 1.54) is 0 Å². The highest BCUT2D eigenvalue weighted by atomic mass is 16.1. The highest BCUT2D eigenvalue weighted by Gasteiger charge is 2.50. The molecule has 0 N–H and O–H groups in total. The smallest absolute Gasteiger partial charge is 0.161 e. The van der Waals surface area contributed by atoms with Crippen LogP contribution in [0.25, 0.3) is 0 Å². The molecule has 2 nitrogen and oxygen atoms in total. The molecule has 0 aliphatic heterocycles. The first kappa shape index (κ1) is 13.3. The molecule has 0 radical (unpaired) electrons. The topological polar surface area (TPSA) is 34.1 Å². The van der Waals surface area contributed by atoms with Gasteiger partial charge in [0, 0.05) is 11.8 Å². The summed E-state index contributed by atoms with van der Waals surface area (Å²) >= 11 is 0. The van der Waals surface area contributed by atoms with Gasteiger partial charge in [0.1, 0.15) is 5.78 Å². The molecule has 0 bridgehead atoms. The standard InChI is InChI=1S/C16H22O2/c1-12(17)7-11-16(3)13-6-4-5-9-15(13,2)10-8-14(16)18/h4-5,8,10,13H,6-7,9,11H2,1-3H3/t13-,15-,16+/m1/s1. The number of fused-ring (bicyclic) bond motifs is 1. The normalized spacial score (nSPS) is 38.6. The quantitative estimate of drug-likeness (QED) is 0.714. The highest BCUT2D eigenvalue weighted by Crippen LogP contribution is 2.53. The first-order valence-corrected chi connectivity index (χ1v) is 6.77. The monoisotopic (exact) mass is 246 g/mol. The lowest BCUT2D eigenvalue weighted by Crippen LogP contribution is -2.47. The molecular weight excluding hydrogens is 224 g/mol. The summed E-state index contributed by atoms with van der Waals surface area (Å²) in [6.45, 7) is 5.88. The molecular formula is C16H22O2. The second kappa shape index (κ2) is 4.49. The average Bonchev–Trinajstić information content (AvgIpc) is 2.32. The van der Waals surface area contributed by atoms with E-state index >= 15 is 0 Å². The van der Waals surface area contributed by atoms with E-state index in [0.29, 0.717) is 18.8 Å². The minimum Gasteiger partial charge on any atom is -0.300 e. The molecule has 98 valence electrons. The Balaban J connectivity index is 2.32. The summed E-state index contributed by atoms with van der Waals surface area (Å²) in [5, 5.41) is 0. The second-order valence-electron chi connectivity index (χ2n) is 6.29. The van der Waals surface area contributed by atoms with Gasteiger partial charge < -0.3 is 4.79 Å². The van der Waals surface area contributed by atoms with Crippen molar-refractivity contribution in [1.29, 1.82) is 0 Å². The Bertz CT molecular complexity index is 432. The number of hydrogen-bond acceptors (Lipinski definition) is 2. The third-order valence-corrected chi connectivity index (χ3v) is 4.84. The molecule has 0 heterocycles. The first-order valence-electron chi connectivity index (χ1n) is 6.77. The Morgan fingerprint density at radius 1 is 1.39 bits per heavy atom. The van der Waals surface area contributed by atoms with Crippen LogP contribution in [-0.4, -0.2) is 11.6 Å². The predicted octanol–water partition coefficient (Wildman–Crippen LogP) is 3.47. The third kappa shape index (κ3) is 2.09. The lowest BCUT2D eigenvalue weighted by atomic mass is 9.53. The fourth-order valence-electron chi connectivity index (χ4n) is 3.51. The SMILES string of the molecule is CC(=O)CC[C@]1(C)C(=O)C=C[C@@]2(C)CC=CC[C@H]21. The fourth-order valence-corrected chi connectivity index (χ4v) is 3.51. The van der Waals surface area contributed by atoms with Crippen molar-refractivity contribution in [1.82, 2.24) is 0 Å². The third-order valence-electron chi connectivity index (χ3n) is 4.84. The van der Waals surface area contributed by atoms with Crippen LogP contribution in [-0.2, 0) is 9.59 Å². The van der Waals surface area contributed by atoms with Crippen molar-refractivity contribution < 1.29 is 9.59 Å². The predicted molar refractivity (Wildman–Crippen MR) is 72.1 cm³/mol. The van der Waals surface area contributed by atoms with E-state index in [0.717, 1.165) is 12.8 Å². The molecule has 0 aromatic rings. The zero-order chi connectivity index (χ0) is 13.4. The largest absolute Gasteiger partial charge is 0.300 e. The van der Waals surface area contributed by atoms with Crippen molar-refractivity contribution in [3.8, 4) is 0 Å². The van der Waals surface area contributed by atoms with E-state index in [-0.39, 0.29) is 22.4 Å². The van der Waals surface area contributed by atoms with Gasteiger partial charge in [-0.05, 0) is 43.6 Å². The van der Waals surface area contributed by atoms with Crippen LogP contribution in [0.3, 0.4) is 0 Å². The summed E-state index contributed by atoms with van der Waals surface area (Å²) in [6.07, 6.45) is 11.4. The maximum atomic E-state index is 12.3. The van der Waals surface area contributed by atoms with Crippen LogP contribution < -0.4 is 0 Å². The van der Waals surface area contributed by atoms with Crippen LogP contribution in [0.2, 0.25) is 0 Å². The number of carbonyl (C=O) groups is 2. The molecule has 2 aliphatic carbocycles. The molecule has 2 rings (SSSR count). The number of carbonyl (C=O) groups excluding carboxylic acids is 2. The number of hydrogen-bond donors (Lipinski definition) is 0. The zero-order valence-corrected chi connectivity index (χ0v) is 11.5. The van der Waals surface area contributed by atoms with Crippen LogP contribution in [0.15, 0.2) is 24.3 Å². The van der Waals surface area contributed by atoms with Crippen LogP contribution >= 0.6 is 0 Å². The lowest BCUT2D eigenvalue weighted by molar-refractivity contribution is -0.131. The van der Waals surface area contributed by atoms with Gasteiger partial charge >= 0.3 is 0 Å². The van der Waals surface area contributed by atoms with Crippen molar-refractivity contribution in [2.45, 2.75) is 46.5 Å². The van der Waals surface area contributed by atoms with Crippen molar-refractivity contribution in [2.24, 2.45) is 16.7 Å². The van der Waals surface area contributed by atoms with Gasteiger partial charge in [0.05, 0.1) is 0 Å². The van der Waals surface area contributed by atoms with Crippen molar-refractivity contribution >= 4 is 11.6 Å². The Morgan fingerprint density at radius 2 is 2.11 bits per heavy atom. The van der Waals surface area contributed by atoms with Crippen LogP contribution in [0.1, 0.15) is 46.5 Å². The molecule has 0 unspecified atom stereocenters. The van der Waals surface area contributed by atoms with Gasteiger partial charge in [-0.2, -0.15) is 0 Å². The zero-order valence-electron chi connectivity index (χ0n) is 11.5. The van der Waals surface area contributed by atoms with Crippen LogP contribution in [0.5, 0.6) is 0 Å². The summed E-state index contributed by atoms with van der Waals surface area (Å²) in [5.41, 5.74) is -0.297. The highest BCUT2D eigenvalue weighted by molar-refractivity contribution is 5.96. The van der Waals surface area contributed by atoms with Crippen molar-refractivity contribution in [3.05, 3.63) is 24.3 Å². The second-order valence-corrected chi connectivity index (χ2v) is 6.29. The minimum atomic E-state index is -0.375. The molecule has 2 heteroatoms. The minimum absolute atomic E-state index is 0.0776. The van der Waals surface area contributed by atoms with Crippen molar-refractivity contribution in [3.63, 3.8) is 0 Å². The van der Waals surface area contributed by atoms with E-state index in [2.05, 4.69) is 25.2 Å². The Morgan fingerprint density at radius 3 is 2.78 bits per heavy atom. The Hall–Kier alpha value is -1.18. The lowest BCUT2D eigenvalue weighted by Gasteiger charge is -2.49. The molecule has 0 aromatic carbocycles. The van der Waals surface area contributed by atoms with Gasteiger partial charge in [0.2, 0.25) is 0 Å². The van der Waals surface area contributed by atoms with E-state index < -0.39 is 0 Å². The molecule has 2 aliphatic rings. The van der Waals surface area contributed by atoms with Crippen LogP contribution in [0.4, 0.5) is 0 Å². The summed E-state index contributed by atoms with van der Waals surface area (Å²) in [6, 6.07) is 0. The summed E-state index contributed by atoms with van der Waals surface area (Å²) in [4.78, 5) is 23.5. The molecule has 0 fully saturated rings. The average molecular weight is 246 g/mol. The van der Waals surface area contributed by atoms with E-state index in [4.69, 9.17) is 0 Å². The molecule has 0 spiro atoms. The number of allylic oxidation sites excluding steroid dienone is 4. The number of Topliss-reactive ketones (excluding diaryl/α,β-unsaturated/α-hetero) is 1. The van der Waals surface area contributed by atoms with Gasteiger partial charge in [-0.25, -0.2) is 0 Å². The maximum absolute atomic E-state index is 12.3. The van der Waals surface area contributed by atoms with Crippen LogP contribution in [0, 0.1) is 16.7 Å². The molecule has 18 heavy (non-hydrogen) atoms. The Labute approximate surface area is 109 Å². The molecule has 3 atom stereocenters. The van der Waals surface area contributed by atoms with Gasteiger partial charge in [-0.3, -0.25) is 4.79 Å². The van der Waals surface area contributed by atoms with Gasteiger partial charge in [-0.15, -0.1) is 0 Å². The van der Waals surface area contributed by atoms with E-state index in [1.807, 2.05) is 6.92 Å². The fraction of sp³-hybridized carbons (Fsp3) is 0.625. The molecule has 0 saturated carbocycles. The first-order chi connectivity index (χ1) is 8.38. The number of ketones is 2. The summed E-state index contributed by atoms with van der Waals surface area (Å²) < 4.78 is 0. The molecule has 0 saturated heterocycles. The number of rotatable bonds is 3. The van der Waals surface area contributed by atoms with E-state index in [1.54, 1.807) is 13.0 Å². The van der Waals surface area contributed by atoms with Gasteiger partial charge in [0.25, 0.3) is 0 Å². The van der Waals surface area contributed by atoms with Gasteiger partial charge in [0.15, 0.2) is 5.78 Å². The molecule has 0 amide bonds.